The van der Waals surface area contributed by atoms with Gasteiger partial charge in [-0.25, -0.2) is 10.4 Å². The molecule has 3 atom stereocenters. The van der Waals surface area contributed by atoms with Crippen LogP contribution in [-0.4, -0.2) is 40.5 Å². The maximum absolute atomic E-state index is 12.9. The molecule has 1 amide bonds. The molecule has 7 nitrogen and oxygen atoms in total. The van der Waals surface area contributed by atoms with Gasteiger partial charge in [0, 0.05) is 32.2 Å². The Morgan fingerprint density at radius 3 is 2.38 bits per heavy atom. The van der Waals surface area contributed by atoms with Gasteiger partial charge in [0.1, 0.15) is 18.1 Å². The van der Waals surface area contributed by atoms with Gasteiger partial charge in [-0.1, -0.05) is 56.3 Å². The molecule has 1 heterocycles. The summed E-state index contributed by atoms with van der Waals surface area (Å²) in [5, 5.41) is 5.57. The Bertz CT molecular complexity index is 918. The molecule has 1 aliphatic heterocycles. The zero-order valence-electron chi connectivity index (χ0n) is 19.4. The minimum atomic E-state index is -0.435. The number of nitrogens with two attached hydrogens (primary N) is 1. The SMILES string of the molecule is CC(=O)C1C(Nc2ccccc2)N(Cc2cccc(CN)c2)NC1N(CC(C)C)C(C)=O. The molecule has 0 aliphatic carbocycles. The van der Waals surface area contributed by atoms with Crippen LogP contribution in [0.4, 0.5) is 5.69 Å². The number of rotatable bonds is 9. The molecule has 3 unspecified atom stereocenters. The first-order chi connectivity index (χ1) is 15.3. The summed E-state index contributed by atoms with van der Waals surface area (Å²) < 4.78 is 0. The number of nitrogens with zero attached hydrogens (tertiary/aromatic N) is 2. The van der Waals surface area contributed by atoms with Gasteiger partial charge in [-0.2, -0.15) is 0 Å². The van der Waals surface area contributed by atoms with E-state index in [0.29, 0.717) is 19.6 Å². The smallest absolute Gasteiger partial charge is 0.220 e. The minimum absolute atomic E-state index is 0.0316. The van der Waals surface area contributed by atoms with Gasteiger partial charge < -0.3 is 16.0 Å². The molecule has 3 rings (SSSR count). The molecule has 0 bridgehead atoms. The topological polar surface area (TPSA) is 90.7 Å². The van der Waals surface area contributed by atoms with Gasteiger partial charge in [-0.15, -0.1) is 0 Å². The zero-order valence-corrected chi connectivity index (χ0v) is 19.4. The second kappa shape index (κ2) is 10.7. The highest BCUT2D eigenvalue weighted by Gasteiger charge is 2.47. The molecule has 7 heteroatoms. The van der Waals surface area contributed by atoms with E-state index in [1.807, 2.05) is 53.5 Å². The van der Waals surface area contributed by atoms with Crippen molar-refractivity contribution in [1.29, 1.82) is 0 Å². The first kappa shape index (κ1) is 23.9. The summed E-state index contributed by atoms with van der Waals surface area (Å²) in [7, 11) is 0. The first-order valence-corrected chi connectivity index (χ1v) is 11.2. The summed E-state index contributed by atoms with van der Waals surface area (Å²) in [6.07, 6.45) is -0.748. The third-order valence-corrected chi connectivity index (χ3v) is 5.75. The molecule has 172 valence electrons. The highest BCUT2D eigenvalue weighted by Crippen LogP contribution is 2.29. The van der Waals surface area contributed by atoms with Crippen molar-refractivity contribution in [2.75, 3.05) is 11.9 Å². The Morgan fingerprint density at radius 2 is 1.78 bits per heavy atom. The number of nitrogens with one attached hydrogen (secondary N) is 2. The number of hydrogen-bond acceptors (Lipinski definition) is 6. The van der Waals surface area contributed by atoms with Gasteiger partial charge in [0.25, 0.3) is 0 Å². The number of anilines is 1. The summed E-state index contributed by atoms with van der Waals surface area (Å²) in [5.41, 5.74) is 12.4. The molecule has 1 saturated heterocycles. The van der Waals surface area contributed by atoms with Crippen molar-refractivity contribution in [2.24, 2.45) is 17.6 Å². The van der Waals surface area contributed by atoms with E-state index >= 15 is 0 Å². The molecule has 0 radical (unpaired) electrons. The first-order valence-electron chi connectivity index (χ1n) is 11.2. The average Bonchev–Trinajstić information content (AvgIpc) is 3.10. The van der Waals surface area contributed by atoms with Crippen LogP contribution < -0.4 is 16.5 Å². The Kier molecular flexibility index (Phi) is 8.01. The van der Waals surface area contributed by atoms with E-state index in [1.54, 1.807) is 18.7 Å². The molecular weight excluding hydrogens is 402 g/mol. The number of amides is 1. The fourth-order valence-electron chi connectivity index (χ4n) is 4.31. The number of hydrazine groups is 1. The van der Waals surface area contributed by atoms with Gasteiger partial charge in [0.15, 0.2) is 0 Å². The second-order valence-electron chi connectivity index (χ2n) is 8.88. The van der Waals surface area contributed by atoms with E-state index in [2.05, 4.69) is 30.7 Å². The third kappa shape index (κ3) is 5.73. The van der Waals surface area contributed by atoms with E-state index in [0.717, 1.165) is 16.8 Å². The van der Waals surface area contributed by atoms with Crippen LogP contribution in [0.1, 0.15) is 38.8 Å². The van der Waals surface area contributed by atoms with Gasteiger partial charge >= 0.3 is 0 Å². The number of ketones is 1. The number of Topliss-reactive ketones (excluding diaryl/α,β-unsaturated/α-hetero) is 1. The largest absolute Gasteiger partial charge is 0.368 e. The van der Waals surface area contributed by atoms with Crippen molar-refractivity contribution in [2.45, 2.75) is 53.1 Å². The third-order valence-electron chi connectivity index (χ3n) is 5.75. The predicted molar refractivity (Wildman–Crippen MR) is 127 cm³/mol. The standard InChI is InChI=1S/C25H35N5O2/c1-17(2)15-29(19(4)32)25-23(18(3)31)24(27-22-11-6-5-7-12-22)30(28-25)16-21-10-8-9-20(13-21)14-26/h5-13,17,23-25,27-28H,14-16,26H2,1-4H3. The summed E-state index contributed by atoms with van der Waals surface area (Å²) in [4.78, 5) is 27.3. The van der Waals surface area contributed by atoms with Crippen LogP contribution in [0.2, 0.25) is 0 Å². The fourth-order valence-corrected chi connectivity index (χ4v) is 4.31. The van der Waals surface area contributed by atoms with Gasteiger partial charge in [0.05, 0.1) is 5.92 Å². The lowest BCUT2D eigenvalue weighted by Crippen LogP contribution is -2.52. The van der Waals surface area contributed by atoms with E-state index in [4.69, 9.17) is 5.73 Å². The molecule has 1 fully saturated rings. The summed E-state index contributed by atoms with van der Waals surface area (Å²) in [5.74, 6) is -0.170. The summed E-state index contributed by atoms with van der Waals surface area (Å²) in [6.45, 7) is 8.92. The predicted octanol–water partition coefficient (Wildman–Crippen LogP) is 2.94. The fraction of sp³-hybridized carbons (Fsp3) is 0.440. The van der Waals surface area contributed by atoms with Crippen molar-refractivity contribution in [1.82, 2.24) is 15.3 Å². The molecule has 4 N–H and O–H groups in total. The second-order valence-corrected chi connectivity index (χ2v) is 8.88. The van der Waals surface area contributed by atoms with Gasteiger partial charge in [-0.05, 0) is 36.1 Å². The Morgan fingerprint density at radius 1 is 1.09 bits per heavy atom. The van der Waals surface area contributed by atoms with Crippen molar-refractivity contribution in [3.63, 3.8) is 0 Å². The Labute approximate surface area is 190 Å². The maximum atomic E-state index is 12.9. The number of benzene rings is 2. The van der Waals surface area contributed by atoms with Gasteiger partial charge in [0.2, 0.25) is 5.91 Å². The lowest BCUT2D eigenvalue weighted by molar-refractivity contribution is -0.135. The van der Waals surface area contributed by atoms with Crippen LogP contribution in [0.25, 0.3) is 0 Å². The van der Waals surface area contributed by atoms with E-state index < -0.39 is 12.1 Å². The average molecular weight is 438 g/mol. The van der Waals surface area contributed by atoms with Crippen LogP contribution in [0.3, 0.4) is 0 Å². The van der Waals surface area contributed by atoms with Crippen molar-refractivity contribution in [3.8, 4) is 0 Å². The van der Waals surface area contributed by atoms with Crippen molar-refractivity contribution in [3.05, 3.63) is 65.7 Å². The minimum Gasteiger partial charge on any atom is -0.368 e. The Balaban J connectivity index is 1.97. The van der Waals surface area contributed by atoms with Crippen LogP contribution in [0.5, 0.6) is 0 Å². The molecule has 32 heavy (non-hydrogen) atoms. The number of hydrogen-bond donors (Lipinski definition) is 3. The molecule has 1 aliphatic rings. The number of para-hydroxylation sites is 1. The van der Waals surface area contributed by atoms with Crippen LogP contribution in [0, 0.1) is 11.8 Å². The molecule has 0 spiro atoms. The van der Waals surface area contributed by atoms with Crippen LogP contribution in [0.15, 0.2) is 54.6 Å². The molecule has 2 aromatic carbocycles. The summed E-state index contributed by atoms with van der Waals surface area (Å²) >= 11 is 0. The van der Waals surface area contributed by atoms with Crippen LogP contribution in [-0.2, 0) is 22.7 Å². The Hall–Kier alpha value is -2.74. The molecular formula is C25H35N5O2. The number of carbonyl (C=O) groups is 2. The maximum Gasteiger partial charge on any atom is 0.220 e. The van der Waals surface area contributed by atoms with Crippen LogP contribution >= 0.6 is 0 Å². The highest BCUT2D eigenvalue weighted by atomic mass is 16.2. The number of carbonyl (C=O) groups excluding carboxylic acids is 2. The zero-order chi connectivity index (χ0) is 23.3. The summed E-state index contributed by atoms with van der Waals surface area (Å²) in [6, 6.07) is 18.0. The van der Waals surface area contributed by atoms with Crippen molar-refractivity contribution >= 4 is 17.4 Å². The van der Waals surface area contributed by atoms with E-state index in [-0.39, 0.29) is 23.8 Å². The monoisotopic (exact) mass is 437 g/mol. The highest BCUT2D eigenvalue weighted by molar-refractivity contribution is 5.82. The van der Waals surface area contributed by atoms with Crippen molar-refractivity contribution < 1.29 is 9.59 Å². The molecule has 2 aromatic rings. The van der Waals surface area contributed by atoms with E-state index in [1.165, 1.54) is 0 Å². The molecule has 0 aromatic heterocycles. The van der Waals surface area contributed by atoms with E-state index in [9.17, 15) is 9.59 Å². The quantitative estimate of drug-likeness (QED) is 0.559. The van der Waals surface area contributed by atoms with Gasteiger partial charge in [-0.3, -0.25) is 9.59 Å². The normalized spacial score (nSPS) is 21.0. The lowest BCUT2D eigenvalue weighted by atomic mass is 9.97. The molecule has 0 saturated carbocycles. The lowest BCUT2D eigenvalue weighted by Gasteiger charge is -2.32.